The number of nitrogens with one attached hydrogen (secondary N) is 1. The number of rotatable bonds is 3. The maximum atomic E-state index is 12.3. The molecule has 1 aromatic carbocycles. The molecule has 2 rings (SSSR count). The van der Waals surface area contributed by atoms with Crippen molar-refractivity contribution in [2.24, 2.45) is 5.73 Å². The van der Waals surface area contributed by atoms with E-state index < -0.39 is 11.6 Å². The molecule has 3 atom stereocenters. The lowest BCUT2D eigenvalue weighted by molar-refractivity contribution is -0.128. The molecule has 104 valence electrons. The second kappa shape index (κ2) is 5.72. The van der Waals surface area contributed by atoms with Crippen LogP contribution in [-0.4, -0.2) is 23.2 Å². The van der Waals surface area contributed by atoms with Crippen molar-refractivity contribution in [3.8, 4) is 0 Å². The van der Waals surface area contributed by atoms with Gasteiger partial charge in [0.25, 0.3) is 0 Å². The van der Waals surface area contributed by atoms with Crippen molar-refractivity contribution in [1.29, 1.82) is 0 Å². The standard InChI is InChI=1S/C15H22N2O2/c1-15(16,11-7-3-2-4-8-11)14(19)17-12-9-5-6-10-13(12)18/h2-4,7-8,12-13,18H,5-6,9-10,16H2,1H3,(H,17,19)/t12-,13-,15?/m1/s1. The lowest BCUT2D eigenvalue weighted by Crippen LogP contribution is -2.55. The first-order chi connectivity index (χ1) is 9.01. The Bertz CT molecular complexity index is 431. The Morgan fingerprint density at radius 3 is 2.58 bits per heavy atom. The fourth-order valence-electron chi connectivity index (χ4n) is 2.51. The van der Waals surface area contributed by atoms with Gasteiger partial charge in [-0.25, -0.2) is 0 Å². The average molecular weight is 262 g/mol. The Morgan fingerprint density at radius 1 is 1.32 bits per heavy atom. The van der Waals surface area contributed by atoms with Crippen molar-refractivity contribution < 1.29 is 9.90 Å². The number of benzene rings is 1. The molecule has 19 heavy (non-hydrogen) atoms. The molecule has 0 bridgehead atoms. The van der Waals surface area contributed by atoms with Crippen molar-refractivity contribution in [2.75, 3.05) is 0 Å². The Labute approximate surface area is 114 Å². The summed E-state index contributed by atoms with van der Waals surface area (Å²) in [7, 11) is 0. The summed E-state index contributed by atoms with van der Waals surface area (Å²) in [5, 5.41) is 12.8. The van der Waals surface area contributed by atoms with Crippen LogP contribution in [0.2, 0.25) is 0 Å². The van der Waals surface area contributed by atoms with Gasteiger partial charge in [0.2, 0.25) is 5.91 Å². The van der Waals surface area contributed by atoms with Gasteiger partial charge in [-0.15, -0.1) is 0 Å². The Balaban J connectivity index is 2.06. The third kappa shape index (κ3) is 3.14. The fourth-order valence-corrected chi connectivity index (χ4v) is 2.51. The number of nitrogens with two attached hydrogens (primary N) is 1. The average Bonchev–Trinajstić information content (AvgIpc) is 2.42. The third-order valence-electron chi connectivity index (χ3n) is 3.89. The minimum absolute atomic E-state index is 0.173. The smallest absolute Gasteiger partial charge is 0.244 e. The molecule has 0 aliphatic heterocycles. The van der Waals surface area contributed by atoms with Crippen molar-refractivity contribution in [1.82, 2.24) is 5.32 Å². The summed E-state index contributed by atoms with van der Waals surface area (Å²) < 4.78 is 0. The minimum atomic E-state index is -1.07. The second-order valence-corrected chi connectivity index (χ2v) is 5.50. The predicted octanol–water partition coefficient (Wildman–Crippen LogP) is 1.28. The number of aliphatic hydroxyl groups is 1. The number of hydrogen-bond donors (Lipinski definition) is 3. The van der Waals surface area contributed by atoms with E-state index in [1.54, 1.807) is 6.92 Å². The van der Waals surface area contributed by atoms with Crippen LogP contribution in [0, 0.1) is 0 Å². The van der Waals surface area contributed by atoms with Gasteiger partial charge in [-0.3, -0.25) is 4.79 Å². The van der Waals surface area contributed by atoms with Crippen LogP contribution in [0.3, 0.4) is 0 Å². The predicted molar refractivity (Wildman–Crippen MR) is 74.4 cm³/mol. The SMILES string of the molecule is CC(N)(C(=O)N[C@@H]1CCCC[C@H]1O)c1ccccc1. The van der Waals surface area contributed by atoms with Crippen LogP contribution in [0.4, 0.5) is 0 Å². The van der Waals surface area contributed by atoms with Gasteiger partial charge in [0.15, 0.2) is 0 Å². The van der Waals surface area contributed by atoms with Gasteiger partial charge in [0.1, 0.15) is 5.54 Å². The van der Waals surface area contributed by atoms with E-state index >= 15 is 0 Å². The Morgan fingerprint density at radius 2 is 1.95 bits per heavy atom. The van der Waals surface area contributed by atoms with Gasteiger partial charge >= 0.3 is 0 Å². The largest absolute Gasteiger partial charge is 0.391 e. The van der Waals surface area contributed by atoms with E-state index in [1.165, 1.54) is 0 Å². The summed E-state index contributed by atoms with van der Waals surface area (Å²) in [6.45, 7) is 1.70. The highest BCUT2D eigenvalue weighted by Gasteiger charge is 2.34. The van der Waals surface area contributed by atoms with Crippen LogP contribution in [0.1, 0.15) is 38.2 Å². The summed E-state index contributed by atoms with van der Waals surface area (Å²) in [4.78, 5) is 12.3. The number of carbonyl (C=O) groups excluding carboxylic acids is 1. The molecule has 0 radical (unpaired) electrons. The first-order valence-corrected chi connectivity index (χ1v) is 6.85. The molecule has 0 saturated heterocycles. The molecule has 1 aliphatic rings. The molecule has 1 fully saturated rings. The van der Waals surface area contributed by atoms with Crippen molar-refractivity contribution in [3.63, 3.8) is 0 Å². The van der Waals surface area contributed by atoms with E-state index in [9.17, 15) is 9.90 Å². The molecule has 1 aromatic rings. The third-order valence-corrected chi connectivity index (χ3v) is 3.89. The summed E-state index contributed by atoms with van der Waals surface area (Å²) in [5.74, 6) is -0.232. The maximum Gasteiger partial charge on any atom is 0.244 e. The lowest BCUT2D eigenvalue weighted by Gasteiger charge is -2.32. The topological polar surface area (TPSA) is 75.4 Å². The van der Waals surface area contributed by atoms with Crippen molar-refractivity contribution >= 4 is 5.91 Å². The van der Waals surface area contributed by atoms with Crippen LogP contribution in [0.5, 0.6) is 0 Å². The van der Waals surface area contributed by atoms with Crippen molar-refractivity contribution in [2.45, 2.75) is 50.3 Å². The van der Waals surface area contributed by atoms with E-state index in [0.29, 0.717) is 0 Å². The van der Waals surface area contributed by atoms with Crippen LogP contribution in [0.25, 0.3) is 0 Å². The second-order valence-electron chi connectivity index (χ2n) is 5.50. The van der Waals surface area contributed by atoms with Crippen LogP contribution in [-0.2, 0) is 10.3 Å². The zero-order valence-corrected chi connectivity index (χ0v) is 11.3. The Kier molecular flexibility index (Phi) is 4.22. The van der Waals surface area contributed by atoms with Gasteiger partial charge in [-0.05, 0) is 25.3 Å². The minimum Gasteiger partial charge on any atom is -0.391 e. The van der Waals surface area contributed by atoms with Crippen LogP contribution < -0.4 is 11.1 Å². The van der Waals surface area contributed by atoms with Gasteiger partial charge < -0.3 is 16.2 Å². The monoisotopic (exact) mass is 262 g/mol. The van der Waals surface area contributed by atoms with Crippen molar-refractivity contribution in [3.05, 3.63) is 35.9 Å². The molecule has 4 nitrogen and oxygen atoms in total. The fraction of sp³-hybridized carbons (Fsp3) is 0.533. The highest BCUT2D eigenvalue weighted by atomic mass is 16.3. The van der Waals surface area contributed by atoms with E-state index in [2.05, 4.69) is 5.32 Å². The lowest BCUT2D eigenvalue weighted by atomic mass is 9.89. The van der Waals surface area contributed by atoms with E-state index in [4.69, 9.17) is 5.73 Å². The van der Waals surface area contributed by atoms with Gasteiger partial charge in [0, 0.05) is 0 Å². The van der Waals surface area contributed by atoms with Crippen LogP contribution >= 0.6 is 0 Å². The molecular formula is C15H22N2O2. The number of hydrogen-bond acceptors (Lipinski definition) is 3. The summed E-state index contributed by atoms with van der Waals surface area (Å²) in [5.41, 5.74) is 5.86. The number of aliphatic hydroxyl groups excluding tert-OH is 1. The van der Waals surface area contributed by atoms with Gasteiger partial charge in [-0.2, -0.15) is 0 Å². The number of carbonyl (C=O) groups is 1. The highest BCUT2D eigenvalue weighted by Crippen LogP contribution is 2.21. The van der Waals surface area contributed by atoms with Gasteiger partial charge in [-0.1, -0.05) is 43.2 Å². The Hall–Kier alpha value is -1.39. The molecule has 4 heteroatoms. The molecule has 1 saturated carbocycles. The highest BCUT2D eigenvalue weighted by molar-refractivity contribution is 5.87. The summed E-state index contributed by atoms with van der Waals surface area (Å²) >= 11 is 0. The summed E-state index contributed by atoms with van der Waals surface area (Å²) in [6.07, 6.45) is 3.17. The molecule has 1 aliphatic carbocycles. The maximum absolute atomic E-state index is 12.3. The van der Waals surface area contributed by atoms with E-state index in [-0.39, 0.29) is 11.9 Å². The van der Waals surface area contributed by atoms with E-state index in [0.717, 1.165) is 31.2 Å². The van der Waals surface area contributed by atoms with E-state index in [1.807, 2.05) is 30.3 Å². The van der Waals surface area contributed by atoms with Gasteiger partial charge in [0.05, 0.1) is 12.1 Å². The number of amides is 1. The molecule has 0 aromatic heterocycles. The molecule has 4 N–H and O–H groups in total. The zero-order chi connectivity index (χ0) is 13.9. The zero-order valence-electron chi connectivity index (χ0n) is 11.3. The first kappa shape index (κ1) is 14.0. The molecule has 0 spiro atoms. The quantitative estimate of drug-likeness (QED) is 0.768. The molecule has 1 unspecified atom stereocenters. The normalized spacial score (nSPS) is 26.5. The summed E-state index contributed by atoms with van der Waals surface area (Å²) in [6, 6.07) is 9.13. The molecule has 0 heterocycles. The molecular weight excluding hydrogens is 240 g/mol. The first-order valence-electron chi connectivity index (χ1n) is 6.85. The molecule has 1 amide bonds. The van der Waals surface area contributed by atoms with Crippen LogP contribution in [0.15, 0.2) is 30.3 Å².